The van der Waals surface area contributed by atoms with Gasteiger partial charge in [0.05, 0.1) is 15.9 Å². The van der Waals surface area contributed by atoms with Crippen molar-refractivity contribution in [1.29, 1.82) is 0 Å². The van der Waals surface area contributed by atoms with Crippen LogP contribution in [0.3, 0.4) is 0 Å². The van der Waals surface area contributed by atoms with Gasteiger partial charge in [0, 0.05) is 46.1 Å². The minimum atomic E-state index is -3.51. The van der Waals surface area contributed by atoms with Gasteiger partial charge in [0.2, 0.25) is 15.9 Å². The molecule has 1 atom stereocenters. The summed E-state index contributed by atoms with van der Waals surface area (Å²) in [6.07, 6.45) is 1.55. The molecule has 0 saturated carbocycles. The highest BCUT2D eigenvalue weighted by Gasteiger charge is 2.19. The minimum Gasteiger partial charge on any atom is -0.356 e. The van der Waals surface area contributed by atoms with E-state index in [0.29, 0.717) is 31.4 Å². The van der Waals surface area contributed by atoms with Gasteiger partial charge in [-0.05, 0) is 38.5 Å². The van der Waals surface area contributed by atoms with Crippen LogP contribution in [0.4, 0.5) is 0 Å². The molecule has 0 fully saturated rings. The first kappa shape index (κ1) is 21.3. The number of aromatic nitrogens is 2. The molecule has 0 bridgehead atoms. The molecule has 2 rings (SSSR count). The molecule has 0 radical (unpaired) electrons. The minimum absolute atomic E-state index is 0.0405. The van der Waals surface area contributed by atoms with Gasteiger partial charge in [-0.25, -0.2) is 17.7 Å². The van der Waals surface area contributed by atoms with Crippen molar-refractivity contribution >= 4 is 27.0 Å². The van der Waals surface area contributed by atoms with Gasteiger partial charge in [-0.3, -0.25) is 4.79 Å². The predicted octanol–water partition coefficient (Wildman–Crippen LogP) is 1.09. The average molecular weight is 396 g/mol. The lowest BCUT2D eigenvalue weighted by Gasteiger charge is -2.11. The summed E-state index contributed by atoms with van der Waals surface area (Å²) in [5.41, 5.74) is 7.16. The second kappa shape index (κ2) is 8.81. The molecule has 0 aliphatic heterocycles. The number of nitrogens with two attached hydrogens (primary N) is 1. The lowest BCUT2D eigenvalue weighted by molar-refractivity contribution is -0.121. The molecule has 1 heterocycles. The molecule has 0 spiro atoms. The molecular weight excluding hydrogens is 366 g/mol. The van der Waals surface area contributed by atoms with Crippen molar-refractivity contribution in [1.82, 2.24) is 19.2 Å². The fourth-order valence-electron chi connectivity index (χ4n) is 2.83. The monoisotopic (exact) mass is 395 g/mol. The van der Waals surface area contributed by atoms with Crippen LogP contribution in [0.15, 0.2) is 23.1 Å². The number of aryl methyl sites for hydroxylation is 2. The van der Waals surface area contributed by atoms with Gasteiger partial charge in [0.1, 0.15) is 5.82 Å². The van der Waals surface area contributed by atoms with Crippen LogP contribution in [0.2, 0.25) is 0 Å². The summed E-state index contributed by atoms with van der Waals surface area (Å²) < 4.78 is 27.8. The number of nitrogens with one attached hydrogen (secondary N) is 1. The molecule has 0 aliphatic rings. The maximum absolute atomic E-state index is 12.3. The molecule has 9 heteroatoms. The van der Waals surface area contributed by atoms with E-state index in [1.54, 1.807) is 18.2 Å². The van der Waals surface area contributed by atoms with Crippen LogP contribution in [-0.4, -0.2) is 54.9 Å². The molecule has 0 aliphatic carbocycles. The van der Waals surface area contributed by atoms with Gasteiger partial charge < -0.3 is 15.6 Å². The van der Waals surface area contributed by atoms with E-state index in [-0.39, 0.29) is 16.8 Å². The number of amides is 1. The van der Waals surface area contributed by atoms with Gasteiger partial charge in [-0.2, -0.15) is 0 Å². The highest BCUT2D eigenvalue weighted by Crippen LogP contribution is 2.22. The zero-order valence-corrected chi connectivity index (χ0v) is 17.2. The smallest absolute Gasteiger partial charge is 0.242 e. The third-order valence-corrected chi connectivity index (χ3v) is 6.20. The number of imidazole rings is 1. The number of benzene rings is 1. The Morgan fingerprint density at radius 2 is 2.07 bits per heavy atom. The second-order valence-corrected chi connectivity index (χ2v) is 8.98. The summed E-state index contributed by atoms with van der Waals surface area (Å²) in [6.45, 7) is 5.16. The lowest BCUT2D eigenvalue weighted by Crippen LogP contribution is -2.29. The molecule has 0 saturated heterocycles. The van der Waals surface area contributed by atoms with Crippen LogP contribution in [-0.2, 0) is 27.8 Å². The van der Waals surface area contributed by atoms with Gasteiger partial charge in [0.15, 0.2) is 0 Å². The van der Waals surface area contributed by atoms with Crippen LogP contribution < -0.4 is 11.1 Å². The number of rotatable bonds is 9. The molecule has 150 valence electrons. The summed E-state index contributed by atoms with van der Waals surface area (Å²) in [5.74, 6) is 0.732. The van der Waals surface area contributed by atoms with Crippen molar-refractivity contribution in [2.75, 3.05) is 20.6 Å². The molecule has 1 amide bonds. The van der Waals surface area contributed by atoms with Crippen LogP contribution in [0.25, 0.3) is 11.0 Å². The maximum atomic E-state index is 12.3. The molecule has 1 aromatic heterocycles. The van der Waals surface area contributed by atoms with E-state index in [9.17, 15) is 13.2 Å². The third-order valence-electron chi connectivity index (χ3n) is 4.39. The largest absolute Gasteiger partial charge is 0.356 e. The first-order chi connectivity index (χ1) is 12.7. The average Bonchev–Trinajstić information content (AvgIpc) is 2.96. The number of hydrogen-bond acceptors (Lipinski definition) is 5. The Kier molecular flexibility index (Phi) is 6.96. The van der Waals surface area contributed by atoms with Gasteiger partial charge in [-0.1, -0.05) is 0 Å². The normalized spacial score (nSPS) is 13.3. The van der Waals surface area contributed by atoms with Crippen molar-refractivity contribution in [2.24, 2.45) is 5.73 Å². The van der Waals surface area contributed by atoms with E-state index in [4.69, 9.17) is 5.73 Å². The number of hydrogen-bond donors (Lipinski definition) is 2. The van der Waals surface area contributed by atoms with Crippen LogP contribution in [0.1, 0.15) is 32.5 Å². The molecule has 8 nitrogen and oxygen atoms in total. The van der Waals surface area contributed by atoms with Crippen LogP contribution in [0.5, 0.6) is 0 Å². The zero-order chi connectivity index (χ0) is 20.2. The first-order valence-electron chi connectivity index (χ1n) is 9.10. The summed E-state index contributed by atoms with van der Waals surface area (Å²) in [6, 6.07) is 5.01. The third kappa shape index (κ3) is 5.06. The first-order valence-corrected chi connectivity index (χ1v) is 10.5. The molecule has 1 aromatic carbocycles. The Morgan fingerprint density at radius 1 is 1.37 bits per heavy atom. The number of fused-ring (bicyclic) bond motifs is 1. The Labute approximate surface area is 160 Å². The van der Waals surface area contributed by atoms with Gasteiger partial charge in [-0.15, -0.1) is 0 Å². The van der Waals surface area contributed by atoms with Crippen molar-refractivity contribution in [3.63, 3.8) is 0 Å². The Hall–Kier alpha value is -1.97. The Balaban J connectivity index is 2.19. The zero-order valence-electron chi connectivity index (χ0n) is 16.4. The summed E-state index contributed by atoms with van der Waals surface area (Å²) in [4.78, 5) is 16.8. The van der Waals surface area contributed by atoms with Crippen molar-refractivity contribution in [3.05, 3.63) is 24.0 Å². The van der Waals surface area contributed by atoms with Crippen LogP contribution in [0, 0.1) is 0 Å². The number of nitrogens with zero attached hydrogens (tertiary/aromatic N) is 3. The summed E-state index contributed by atoms with van der Waals surface area (Å²) in [5, 5.41) is 2.86. The Bertz CT molecular complexity index is 903. The molecule has 3 N–H and O–H groups in total. The van der Waals surface area contributed by atoms with Gasteiger partial charge in [0.25, 0.3) is 0 Å². The Morgan fingerprint density at radius 3 is 2.67 bits per heavy atom. The van der Waals surface area contributed by atoms with Gasteiger partial charge >= 0.3 is 0 Å². The van der Waals surface area contributed by atoms with E-state index in [1.165, 1.54) is 18.4 Å². The number of sulfonamides is 1. The van der Waals surface area contributed by atoms with Crippen molar-refractivity contribution in [2.45, 2.75) is 50.6 Å². The van der Waals surface area contributed by atoms with Crippen molar-refractivity contribution < 1.29 is 13.2 Å². The highest BCUT2D eigenvalue weighted by atomic mass is 32.2. The molecule has 2 aromatic rings. The quantitative estimate of drug-likeness (QED) is 0.660. The number of carbonyl (C=O) groups excluding carboxylic acids is 1. The standard InChI is InChI=1S/C18H29N5O3S/c1-5-23-16-7-6-14(27(25,26)22(3)4)12-15(16)21-17(23)8-9-18(24)20-11-10-13(2)19/h6-7,12-13H,5,8-11,19H2,1-4H3,(H,20,24). The van der Waals surface area contributed by atoms with E-state index in [2.05, 4.69) is 10.3 Å². The summed E-state index contributed by atoms with van der Waals surface area (Å²) in [7, 11) is -0.513. The topological polar surface area (TPSA) is 110 Å². The molecular formula is C18H29N5O3S. The highest BCUT2D eigenvalue weighted by molar-refractivity contribution is 7.89. The molecule has 1 unspecified atom stereocenters. The van der Waals surface area contributed by atoms with E-state index in [1.807, 2.05) is 18.4 Å². The fraction of sp³-hybridized carbons (Fsp3) is 0.556. The van der Waals surface area contributed by atoms with Crippen LogP contribution >= 0.6 is 0 Å². The number of carbonyl (C=O) groups is 1. The maximum Gasteiger partial charge on any atom is 0.242 e. The summed E-state index contributed by atoms with van der Waals surface area (Å²) >= 11 is 0. The lowest BCUT2D eigenvalue weighted by atomic mass is 10.2. The predicted molar refractivity (Wildman–Crippen MR) is 106 cm³/mol. The van der Waals surface area contributed by atoms with E-state index < -0.39 is 10.0 Å². The van der Waals surface area contributed by atoms with Crippen molar-refractivity contribution in [3.8, 4) is 0 Å². The molecule has 27 heavy (non-hydrogen) atoms. The second-order valence-electron chi connectivity index (χ2n) is 6.83. The SMILES string of the molecule is CCn1c(CCC(=O)NCCC(C)N)nc2cc(S(=O)(=O)N(C)C)ccc21. The van der Waals surface area contributed by atoms with E-state index >= 15 is 0 Å². The van der Waals surface area contributed by atoms with E-state index in [0.717, 1.165) is 17.8 Å². The fourth-order valence-corrected chi connectivity index (χ4v) is 3.75.